The summed E-state index contributed by atoms with van der Waals surface area (Å²) in [4.78, 5) is 0. The number of nitrogen functional groups attached to an aromatic ring is 1. The number of hydrogen-bond acceptors (Lipinski definition) is 2. The summed E-state index contributed by atoms with van der Waals surface area (Å²) in [6.07, 6.45) is -16.0. The molecule has 0 heterocycles. The molecule has 1 aromatic rings. The van der Waals surface area contributed by atoms with Crippen LogP contribution in [0.5, 0.6) is 5.75 Å². The molecule has 0 aliphatic carbocycles. The van der Waals surface area contributed by atoms with Crippen molar-refractivity contribution in [2.24, 2.45) is 0 Å². The van der Waals surface area contributed by atoms with Gasteiger partial charge in [-0.15, -0.1) is 0 Å². The summed E-state index contributed by atoms with van der Waals surface area (Å²) in [5, 5.41) is 0. The lowest BCUT2D eigenvalue weighted by Gasteiger charge is -2.23. The number of anilines is 1. The third-order valence-corrected chi connectivity index (χ3v) is 1.88. The lowest BCUT2D eigenvalue weighted by Crippen LogP contribution is -2.45. The highest BCUT2D eigenvalue weighted by Crippen LogP contribution is 2.37. The average Bonchev–Trinajstić information content (AvgIpc) is 2.23. The predicted molar refractivity (Wildman–Crippen MR) is 47.3 cm³/mol. The minimum atomic E-state index is -5.92. The minimum Gasteiger partial charge on any atom is -0.427 e. The van der Waals surface area contributed by atoms with Gasteiger partial charge in [0, 0.05) is 12.1 Å². The van der Waals surface area contributed by atoms with Crippen LogP contribution < -0.4 is 10.5 Å². The van der Waals surface area contributed by atoms with E-state index in [0.29, 0.717) is 0 Å². The highest BCUT2D eigenvalue weighted by Gasteiger charge is 2.59. The maximum Gasteiger partial charge on any atom is 0.439 e. The molecule has 0 bridgehead atoms. The summed E-state index contributed by atoms with van der Waals surface area (Å²) >= 11 is 0. The van der Waals surface area contributed by atoms with Crippen molar-refractivity contribution >= 4 is 5.69 Å². The van der Waals surface area contributed by atoms with Crippen LogP contribution in [0.25, 0.3) is 0 Å². The fraction of sp³-hybridized carbons (Fsp3) is 0.333. The molecule has 0 aliphatic rings. The molecule has 0 amide bonds. The van der Waals surface area contributed by atoms with Gasteiger partial charge in [0.25, 0.3) is 6.17 Å². The highest BCUT2D eigenvalue weighted by atomic mass is 19.4. The van der Waals surface area contributed by atoms with Gasteiger partial charge in [0.1, 0.15) is 5.82 Å². The lowest BCUT2D eigenvalue weighted by atomic mass is 10.2. The molecule has 0 aromatic heterocycles. The number of rotatable bonds is 3. The van der Waals surface area contributed by atoms with Crippen molar-refractivity contribution in [1.29, 1.82) is 0 Å². The quantitative estimate of drug-likeness (QED) is 0.685. The second-order valence-corrected chi connectivity index (χ2v) is 3.37. The maximum absolute atomic E-state index is 13.0. The number of ether oxygens (including phenoxy) is 1. The second kappa shape index (κ2) is 4.74. The Bertz CT molecular complexity index is 472. The third-order valence-electron chi connectivity index (χ3n) is 1.88. The summed E-state index contributed by atoms with van der Waals surface area (Å²) in [5.74, 6) is -4.66. The van der Waals surface area contributed by atoms with E-state index in [-0.39, 0.29) is 12.1 Å². The fourth-order valence-electron chi connectivity index (χ4n) is 1.01. The molecule has 0 spiro atoms. The Balaban J connectivity index is 3.05. The van der Waals surface area contributed by atoms with Crippen LogP contribution in [0.2, 0.25) is 0 Å². The number of alkyl halides is 6. The molecule has 1 atom stereocenters. The first kappa shape index (κ1) is 15.3. The van der Waals surface area contributed by atoms with Crippen LogP contribution >= 0.6 is 0 Å². The molecule has 10 heteroatoms. The third kappa shape index (κ3) is 3.38. The first-order valence-electron chi connectivity index (χ1n) is 4.47. The molecular weight excluding hydrogens is 290 g/mol. The van der Waals surface area contributed by atoms with Crippen molar-refractivity contribution in [2.75, 3.05) is 5.73 Å². The summed E-state index contributed by atoms with van der Waals surface area (Å²) in [6.45, 7) is 0. The fourth-order valence-corrected chi connectivity index (χ4v) is 1.01. The van der Waals surface area contributed by atoms with Gasteiger partial charge in [-0.2, -0.15) is 22.0 Å². The van der Waals surface area contributed by atoms with Crippen molar-refractivity contribution in [1.82, 2.24) is 0 Å². The first-order valence-corrected chi connectivity index (χ1v) is 4.47. The molecule has 108 valence electrons. The summed E-state index contributed by atoms with van der Waals surface area (Å²) in [7, 11) is 0. The molecule has 0 aliphatic heterocycles. The molecule has 0 saturated carbocycles. The van der Waals surface area contributed by atoms with Crippen molar-refractivity contribution in [3.63, 3.8) is 0 Å². The SMILES string of the molecule is Nc1cc(F)c(OC(F)(F)C(F)C(F)(F)F)cc1F. The van der Waals surface area contributed by atoms with E-state index in [1.54, 1.807) is 0 Å². The van der Waals surface area contributed by atoms with Crippen LogP contribution in [0, 0.1) is 11.6 Å². The van der Waals surface area contributed by atoms with Gasteiger partial charge >= 0.3 is 12.3 Å². The number of benzene rings is 1. The van der Waals surface area contributed by atoms with Crippen LogP contribution in [0.3, 0.4) is 0 Å². The highest BCUT2D eigenvalue weighted by molar-refractivity contribution is 5.44. The Hall–Kier alpha value is -1.74. The van der Waals surface area contributed by atoms with Crippen molar-refractivity contribution in [2.45, 2.75) is 18.5 Å². The molecule has 0 radical (unpaired) electrons. The maximum atomic E-state index is 13.0. The van der Waals surface area contributed by atoms with Crippen molar-refractivity contribution in [3.8, 4) is 5.75 Å². The van der Waals surface area contributed by atoms with Gasteiger partial charge in [0.05, 0.1) is 5.69 Å². The number of hydrogen-bond donors (Lipinski definition) is 1. The number of halogens is 8. The monoisotopic (exact) mass is 295 g/mol. The minimum absolute atomic E-state index is 0.0122. The predicted octanol–water partition coefficient (Wildman–Crippen LogP) is 3.42. The molecule has 1 rings (SSSR count). The lowest BCUT2D eigenvalue weighted by molar-refractivity contribution is -0.305. The van der Waals surface area contributed by atoms with E-state index in [1.165, 1.54) is 0 Å². The van der Waals surface area contributed by atoms with Gasteiger partial charge < -0.3 is 10.5 Å². The van der Waals surface area contributed by atoms with Crippen LogP contribution in [-0.4, -0.2) is 18.5 Å². The molecule has 1 aromatic carbocycles. The van der Waals surface area contributed by atoms with Gasteiger partial charge in [-0.05, 0) is 0 Å². The van der Waals surface area contributed by atoms with E-state index in [1.807, 2.05) is 0 Å². The van der Waals surface area contributed by atoms with Gasteiger partial charge in [-0.1, -0.05) is 0 Å². The Morgan fingerprint density at radius 2 is 1.53 bits per heavy atom. The zero-order valence-corrected chi connectivity index (χ0v) is 8.74. The van der Waals surface area contributed by atoms with Crippen LogP contribution in [0.1, 0.15) is 0 Å². The normalized spacial score (nSPS) is 14.3. The van der Waals surface area contributed by atoms with Crippen molar-refractivity contribution in [3.05, 3.63) is 23.8 Å². The van der Waals surface area contributed by atoms with E-state index < -0.39 is 41.5 Å². The second-order valence-electron chi connectivity index (χ2n) is 3.37. The Labute approximate surface area is 100 Å². The first-order chi connectivity index (χ1) is 8.45. The molecular formula is C9H5F8NO. The molecule has 0 saturated heterocycles. The molecule has 2 nitrogen and oxygen atoms in total. The summed E-state index contributed by atoms with van der Waals surface area (Å²) in [6, 6.07) is 0.198. The zero-order chi connectivity index (χ0) is 15.0. The molecule has 2 N–H and O–H groups in total. The van der Waals surface area contributed by atoms with E-state index in [2.05, 4.69) is 4.74 Å². The number of nitrogens with two attached hydrogens (primary N) is 1. The van der Waals surface area contributed by atoms with E-state index in [9.17, 15) is 35.1 Å². The zero-order valence-electron chi connectivity index (χ0n) is 8.74. The van der Waals surface area contributed by atoms with Gasteiger partial charge in [0.2, 0.25) is 0 Å². The van der Waals surface area contributed by atoms with Crippen molar-refractivity contribution < 1.29 is 39.9 Å². The Morgan fingerprint density at radius 3 is 2.00 bits per heavy atom. The molecule has 0 fully saturated rings. The summed E-state index contributed by atoms with van der Waals surface area (Å²) < 4.78 is 102. The van der Waals surface area contributed by atoms with E-state index in [4.69, 9.17) is 5.73 Å². The van der Waals surface area contributed by atoms with Gasteiger partial charge in [0.15, 0.2) is 11.6 Å². The molecule has 19 heavy (non-hydrogen) atoms. The van der Waals surface area contributed by atoms with E-state index in [0.717, 1.165) is 0 Å². The standard InChI is InChI=1S/C9H5F8NO/c10-3-2-6(4(11)1-5(3)18)19-9(16,17)7(12)8(13,14)15/h1-2,7H,18H2. The topological polar surface area (TPSA) is 35.2 Å². The van der Waals surface area contributed by atoms with E-state index >= 15 is 0 Å². The van der Waals surface area contributed by atoms with Crippen LogP contribution in [0.15, 0.2) is 12.1 Å². The smallest absolute Gasteiger partial charge is 0.427 e. The van der Waals surface area contributed by atoms with Gasteiger partial charge in [-0.25, -0.2) is 13.2 Å². The van der Waals surface area contributed by atoms with Crippen LogP contribution in [0.4, 0.5) is 40.8 Å². The largest absolute Gasteiger partial charge is 0.439 e. The van der Waals surface area contributed by atoms with Crippen LogP contribution in [-0.2, 0) is 0 Å². The molecule has 1 unspecified atom stereocenters. The van der Waals surface area contributed by atoms with Gasteiger partial charge in [-0.3, -0.25) is 0 Å². The summed E-state index contributed by atoms with van der Waals surface area (Å²) in [5.41, 5.74) is 4.09. The average molecular weight is 295 g/mol. The Morgan fingerprint density at radius 1 is 1.00 bits per heavy atom. The Kier molecular flexibility index (Phi) is 3.82.